The van der Waals surface area contributed by atoms with E-state index in [1.54, 1.807) is 0 Å². The van der Waals surface area contributed by atoms with Gasteiger partial charge in [0.2, 0.25) is 0 Å². The number of nitrogens with zero attached hydrogens (tertiary/aromatic N) is 1. The van der Waals surface area contributed by atoms with E-state index in [0.717, 1.165) is 29.7 Å². The molecule has 0 radical (unpaired) electrons. The van der Waals surface area contributed by atoms with E-state index in [0.29, 0.717) is 17.5 Å². The second-order valence-corrected chi connectivity index (χ2v) is 5.71. The summed E-state index contributed by atoms with van der Waals surface area (Å²) in [4.78, 5) is 4.51. The molecule has 0 aliphatic heterocycles. The summed E-state index contributed by atoms with van der Waals surface area (Å²) < 4.78 is 5.83. The van der Waals surface area contributed by atoms with Crippen LogP contribution in [-0.4, -0.2) is 11.6 Å². The van der Waals surface area contributed by atoms with Gasteiger partial charge in [-0.3, -0.25) is 0 Å². The first-order valence-corrected chi connectivity index (χ1v) is 7.65. The van der Waals surface area contributed by atoms with Crippen LogP contribution in [0.3, 0.4) is 0 Å². The zero-order valence-corrected chi connectivity index (χ0v) is 12.9. The predicted octanol–water partition coefficient (Wildman–Crippen LogP) is 5.20. The van der Waals surface area contributed by atoms with E-state index in [2.05, 4.69) is 11.1 Å². The molecule has 0 fully saturated rings. The standard InChI is InChI=1S/C18H18ClNO/c1-13-11-16(21-12-14-7-5-6-8-14)18(19)20-17(13)15-9-3-2-4-10-15/h2-4,7,9-11H,5-6,8,12H2,1H3. The van der Waals surface area contributed by atoms with Crippen molar-refractivity contribution < 1.29 is 4.74 Å². The average Bonchev–Trinajstić information content (AvgIpc) is 3.02. The fraction of sp³-hybridized carbons (Fsp3) is 0.278. The van der Waals surface area contributed by atoms with Crippen molar-refractivity contribution in [2.24, 2.45) is 0 Å². The Kier molecular flexibility index (Phi) is 4.26. The van der Waals surface area contributed by atoms with Crippen LogP contribution in [0.1, 0.15) is 24.8 Å². The largest absolute Gasteiger partial charge is 0.486 e. The molecule has 3 rings (SSSR count). The number of aromatic nitrogens is 1. The van der Waals surface area contributed by atoms with Crippen LogP contribution in [0.4, 0.5) is 0 Å². The van der Waals surface area contributed by atoms with Gasteiger partial charge < -0.3 is 4.74 Å². The molecule has 0 amide bonds. The second-order valence-electron chi connectivity index (χ2n) is 5.35. The number of benzene rings is 1. The van der Waals surface area contributed by atoms with Crippen molar-refractivity contribution in [3.8, 4) is 17.0 Å². The molecule has 0 saturated carbocycles. The molecule has 1 aliphatic rings. The van der Waals surface area contributed by atoms with Crippen LogP contribution >= 0.6 is 11.6 Å². The summed E-state index contributed by atoms with van der Waals surface area (Å²) in [6.07, 6.45) is 5.78. The van der Waals surface area contributed by atoms with Gasteiger partial charge in [-0.15, -0.1) is 0 Å². The van der Waals surface area contributed by atoms with Crippen molar-refractivity contribution in [2.45, 2.75) is 26.2 Å². The Morgan fingerprint density at radius 2 is 2.05 bits per heavy atom. The van der Waals surface area contributed by atoms with Crippen LogP contribution < -0.4 is 4.74 Å². The topological polar surface area (TPSA) is 22.1 Å². The lowest BCUT2D eigenvalue weighted by atomic mass is 10.1. The smallest absolute Gasteiger partial charge is 0.171 e. The lowest BCUT2D eigenvalue weighted by Gasteiger charge is -2.12. The number of allylic oxidation sites excluding steroid dienone is 1. The molecule has 1 heterocycles. The number of rotatable bonds is 4. The van der Waals surface area contributed by atoms with Gasteiger partial charge in [0.05, 0.1) is 5.69 Å². The molecule has 2 aromatic rings. The molecule has 1 aromatic heterocycles. The van der Waals surface area contributed by atoms with Crippen molar-refractivity contribution in [2.75, 3.05) is 6.61 Å². The van der Waals surface area contributed by atoms with Crippen molar-refractivity contribution in [1.29, 1.82) is 0 Å². The Morgan fingerprint density at radius 1 is 1.24 bits per heavy atom. The lowest BCUT2D eigenvalue weighted by Crippen LogP contribution is -2.02. The first-order chi connectivity index (χ1) is 10.2. The monoisotopic (exact) mass is 299 g/mol. The summed E-state index contributed by atoms with van der Waals surface area (Å²) in [5, 5.41) is 0.429. The highest BCUT2D eigenvalue weighted by Crippen LogP contribution is 2.31. The van der Waals surface area contributed by atoms with Crippen LogP contribution in [0.5, 0.6) is 5.75 Å². The van der Waals surface area contributed by atoms with E-state index in [9.17, 15) is 0 Å². The summed E-state index contributed by atoms with van der Waals surface area (Å²) in [6.45, 7) is 2.65. The summed E-state index contributed by atoms with van der Waals surface area (Å²) in [5.74, 6) is 0.668. The average molecular weight is 300 g/mol. The van der Waals surface area contributed by atoms with Gasteiger partial charge in [-0.1, -0.05) is 48.0 Å². The summed E-state index contributed by atoms with van der Waals surface area (Å²) in [7, 11) is 0. The molecular weight excluding hydrogens is 282 g/mol. The van der Waals surface area contributed by atoms with Crippen molar-refractivity contribution in [3.63, 3.8) is 0 Å². The SMILES string of the molecule is Cc1cc(OCC2=CCCC2)c(Cl)nc1-c1ccccc1. The van der Waals surface area contributed by atoms with Gasteiger partial charge in [0, 0.05) is 5.56 Å². The fourth-order valence-electron chi connectivity index (χ4n) is 2.59. The molecule has 1 aliphatic carbocycles. The van der Waals surface area contributed by atoms with Crippen LogP contribution in [0.25, 0.3) is 11.3 Å². The van der Waals surface area contributed by atoms with E-state index in [1.165, 1.54) is 12.0 Å². The number of pyridine rings is 1. The van der Waals surface area contributed by atoms with Gasteiger partial charge in [-0.2, -0.15) is 0 Å². The zero-order valence-electron chi connectivity index (χ0n) is 12.1. The number of hydrogen-bond acceptors (Lipinski definition) is 2. The molecule has 2 nitrogen and oxygen atoms in total. The molecular formula is C18H18ClNO. The van der Waals surface area contributed by atoms with Gasteiger partial charge in [-0.25, -0.2) is 4.98 Å². The van der Waals surface area contributed by atoms with Crippen LogP contribution in [-0.2, 0) is 0 Å². The van der Waals surface area contributed by atoms with Crippen LogP contribution in [0.15, 0.2) is 48.0 Å². The Bertz CT molecular complexity index is 664. The molecule has 3 heteroatoms. The minimum atomic E-state index is 0.429. The van der Waals surface area contributed by atoms with Crippen molar-refractivity contribution in [3.05, 3.63) is 58.8 Å². The van der Waals surface area contributed by atoms with Gasteiger partial charge in [0.15, 0.2) is 10.9 Å². The molecule has 108 valence electrons. The molecule has 1 aromatic carbocycles. The predicted molar refractivity (Wildman–Crippen MR) is 86.8 cm³/mol. The third-order valence-corrected chi connectivity index (χ3v) is 4.00. The second kappa shape index (κ2) is 6.31. The molecule has 0 atom stereocenters. The Labute approximate surface area is 130 Å². The van der Waals surface area contributed by atoms with Gasteiger partial charge >= 0.3 is 0 Å². The highest BCUT2D eigenvalue weighted by Gasteiger charge is 2.12. The van der Waals surface area contributed by atoms with Crippen LogP contribution in [0.2, 0.25) is 5.15 Å². The molecule has 0 N–H and O–H groups in total. The Morgan fingerprint density at radius 3 is 2.76 bits per heavy atom. The lowest BCUT2D eigenvalue weighted by molar-refractivity contribution is 0.347. The quantitative estimate of drug-likeness (QED) is 0.572. The number of ether oxygens (including phenoxy) is 1. The molecule has 0 bridgehead atoms. The van der Waals surface area contributed by atoms with E-state index in [4.69, 9.17) is 16.3 Å². The summed E-state index contributed by atoms with van der Waals surface area (Å²) in [5.41, 5.74) is 4.41. The van der Waals surface area contributed by atoms with E-state index in [-0.39, 0.29) is 0 Å². The maximum Gasteiger partial charge on any atom is 0.171 e. The number of halogens is 1. The molecule has 0 unspecified atom stereocenters. The van der Waals surface area contributed by atoms with Gasteiger partial charge in [0.25, 0.3) is 0 Å². The fourth-order valence-corrected chi connectivity index (χ4v) is 2.79. The van der Waals surface area contributed by atoms with Crippen molar-refractivity contribution in [1.82, 2.24) is 4.98 Å². The first-order valence-electron chi connectivity index (χ1n) is 7.27. The van der Waals surface area contributed by atoms with E-state index in [1.807, 2.05) is 43.3 Å². The number of aryl methyl sites for hydroxylation is 1. The highest BCUT2D eigenvalue weighted by molar-refractivity contribution is 6.31. The Hall–Kier alpha value is -1.80. The number of hydrogen-bond donors (Lipinski definition) is 0. The van der Waals surface area contributed by atoms with Gasteiger partial charge in [0.1, 0.15) is 6.61 Å². The van der Waals surface area contributed by atoms with E-state index >= 15 is 0 Å². The third kappa shape index (κ3) is 3.27. The minimum absolute atomic E-state index is 0.429. The summed E-state index contributed by atoms with van der Waals surface area (Å²) >= 11 is 6.28. The summed E-state index contributed by atoms with van der Waals surface area (Å²) in [6, 6.07) is 12.0. The maximum absolute atomic E-state index is 6.28. The Balaban J connectivity index is 1.82. The van der Waals surface area contributed by atoms with Gasteiger partial charge in [-0.05, 0) is 43.4 Å². The maximum atomic E-state index is 6.28. The highest BCUT2D eigenvalue weighted by atomic mass is 35.5. The molecule has 21 heavy (non-hydrogen) atoms. The molecule has 0 spiro atoms. The minimum Gasteiger partial charge on any atom is -0.486 e. The first kappa shape index (κ1) is 14.2. The molecule has 0 saturated heterocycles. The third-order valence-electron chi connectivity index (χ3n) is 3.73. The van der Waals surface area contributed by atoms with Crippen molar-refractivity contribution >= 4 is 11.6 Å². The van der Waals surface area contributed by atoms with Crippen LogP contribution in [0, 0.1) is 6.92 Å². The van der Waals surface area contributed by atoms with E-state index < -0.39 is 0 Å². The normalized spacial score (nSPS) is 14.1. The zero-order chi connectivity index (χ0) is 14.7.